The predicted octanol–water partition coefficient (Wildman–Crippen LogP) is 1.88. The van der Waals surface area contributed by atoms with E-state index in [1.165, 1.54) is 11.3 Å². The molecule has 0 bridgehead atoms. The Morgan fingerprint density at radius 2 is 1.89 bits per heavy atom. The number of hydrogen-bond acceptors (Lipinski definition) is 8. The van der Waals surface area contributed by atoms with Gasteiger partial charge in [-0.25, -0.2) is 4.99 Å². The molecule has 146 valence electrons. The summed E-state index contributed by atoms with van der Waals surface area (Å²) in [6.07, 6.45) is 1.92. The van der Waals surface area contributed by atoms with Crippen molar-refractivity contribution in [2.24, 2.45) is 4.99 Å². The number of thiophene rings is 1. The molecule has 0 amide bonds. The van der Waals surface area contributed by atoms with Crippen LogP contribution in [0.5, 0.6) is 17.2 Å². The van der Waals surface area contributed by atoms with Crippen molar-refractivity contribution in [3.8, 4) is 17.2 Å². The van der Waals surface area contributed by atoms with Gasteiger partial charge in [0, 0.05) is 22.7 Å². The number of hydrogen-bond donors (Lipinski definition) is 0. The van der Waals surface area contributed by atoms with Crippen LogP contribution in [0.2, 0.25) is 0 Å². The molecule has 2 aromatic heterocycles. The lowest BCUT2D eigenvalue weighted by Crippen LogP contribution is -2.42. The fourth-order valence-electron chi connectivity index (χ4n) is 3.03. The molecular weight excluding hydrogens is 398 g/mol. The molecule has 7 nitrogen and oxygen atoms in total. The third kappa shape index (κ3) is 3.27. The van der Waals surface area contributed by atoms with Crippen LogP contribution in [0.4, 0.5) is 5.69 Å². The lowest BCUT2D eigenvalue weighted by atomic mass is 10.2. The number of thiazole rings is 1. The second-order valence-corrected chi connectivity index (χ2v) is 7.99. The van der Waals surface area contributed by atoms with E-state index >= 15 is 0 Å². The Hall–Kier alpha value is -2.78. The number of ether oxygens (including phenoxy) is 3. The first-order valence-electron chi connectivity index (χ1n) is 8.49. The second-order valence-electron chi connectivity index (χ2n) is 6.01. The fourth-order valence-corrected chi connectivity index (χ4v) is 4.71. The van der Waals surface area contributed by atoms with Gasteiger partial charge in [-0.05, 0) is 17.5 Å². The molecule has 4 rings (SSSR count). The van der Waals surface area contributed by atoms with Crippen molar-refractivity contribution in [2.45, 2.75) is 6.67 Å². The Morgan fingerprint density at radius 1 is 1.14 bits per heavy atom. The van der Waals surface area contributed by atoms with Crippen LogP contribution in [0.3, 0.4) is 0 Å². The zero-order chi connectivity index (χ0) is 19.7. The van der Waals surface area contributed by atoms with Crippen LogP contribution in [-0.2, 0) is 6.67 Å². The van der Waals surface area contributed by atoms with Crippen molar-refractivity contribution < 1.29 is 14.2 Å². The van der Waals surface area contributed by atoms with Crippen LogP contribution >= 0.6 is 22.7 Å². The molecule has 3 heterocycles. The van der Waals surface area contributed by atoms with Gasteiger partial charge in [0.2, 0.25) is 5.75 Å². The van der Waals surface area contributed by atoms with E-state index in [-0.39, 0.29) is 5.56 Å². The second kappa shape index (κ2) is 7.69. The maximum atomic E-state index is 12.9. The monoisotopic (exact) mass is 417 g/mol. The molecule has 1 aliphatic rings. The first-order chi connectivity index (χ1) is 13.6. The van der Waals surface area contributed by atoms with Gasteiger partial charge in [0.15, 0.2) is 16.3 Å². The minimum absolute atomic E-state index is 0.0331. The lowest BCUT2D eigenvalue weighted by molar-refractivity contribution is 0.324. The van der Waals surface area contributed by atoms with Gasteiger partial charge in [-0.2, -0.15) is 0 Å². The Morgan fingerprint density at radius 3 is 2.50 bits per heavy atom. The van der Waals surface area contributed by atoms with Gasteiger partial charge in [0.1, 0.15) is 13.3 Å². The molecule has 0 atom stereocenters. The third-order valence-electron chi connectivity index (χ3n) is 4.41. The largest absolute Gasteiger partial charge is 0.493 e. The highest BCUT2D eigenvalue weighted by molar-refractivity contribution is 7.11. The number of methoxy groups -OCH3 is 3. The highest BCUT2D eigenvalue weighted by Crippen LogP contribution is 2.41. The molecule has 0 fully saturated rings. The highest BCUT2D eigenvalue weighted by Gasteiger charge is 2.20. The summed E-state index contributed by atoms with van der Waals surface area (Å²) < 4.78 is 18.6. The normalized spacial score (nSPS) is 13.8. The van der Waals surface area contributed by atoms with Crippen LogP contribution in [0.1, 0.15) is 4.88 Å². The van der Waals surface area contributed by atoms with Gasteiger partial charge in [-0.1, -0.05) is 17.4 Å². The Bertz CT molecular complexity index is 1140. The molecule has 0 unspecified atom stereocenters. The van der Waals surface area contributed by atoms with Gasteiger partial charge < -0.3 is 19.1 Å². The van der Waals surface area contributed by atoms with Gasteiger partial charge in [-0.15, -0.1) is 11.3 Å². The van der Waals surface area contributed by atoms with Crippen LogP contribution < -0.4 is 34.0 Å². The topological polar surface area (TPSA) is 65.3 Å². The quantitative estimate of drug-likeness (QED) is 0.634. The van der Waals surface area contributed by atoms with Crippen LogP contribution in [0.15, 0.2) is 39.4 Å². The third-order valence-corrected chi connectivity index (χ3v) is 6.27. The summed E-state index contributed by atoms with van der Waals surface area (Å²) in [7, 11) is 4.73. The first-order valence-corrected chi connectivity index (χ1v) is 10.2. The smallest absolute Gasteiger partial charge is 0.271 e. The van der Waals surface area contributed by atoms with E-state index in [4.69, 9.17) is 14.2 Å². The fraction of sp³-hybridized carbons (Fsp3) is 0.263. The van der Waals surface area contributed by atoms with Crippen molar-refractivity contribution in [1.82, 2.24) is 4.57 Å². The number of anilines is 1. The predicted molar refractivity (Wildman–Crippen MR) is 111 cm³/mol. The molecule has 0 radical (unpaired) electrons. The van der Waals surface area contributed by atoms with E-state index in [0.29, 0.717) is 35.1 Å². The number of nitrogens with zero attached hydrogens (tertiary/aromatic N) is 3. The number of rotatable bonds is 5. The summed E-state index contributed by atoms with van der Waals surface area (Å²) in [6, 6.07) is 7.68. The molecule has 1 aliphatic heterocycles. The molecule has 1 aromatic carbocycles. The van der Waals surface area contributed by atoms with Gasteiger partial charge >= 0.3 is 0 Å². The van der Waals surface area contributed by atoms with Crippen LogP contribution in [0.25, 0.3) is 6.08 Å². The zero-order valence-electron chi connectivity index (χ0n) is 15.7. The van der Waals surface area contributed by atoms with E-state index in [2.05, 4.69) is 4.99 Å². The summed E-state index contributed by atoms with van der Waals surface area (Å²) in [5.41, 5.74) is 0.806. The van der Waals surface area contributed by atoms with E-state index < -0.39 is 0 Å². The summed E-state index contributed by atoms with van der Waals surface area (Å²) in [6.45, 7) is 0.849. The SMILES string of the molecule is COc1cc(N2CN=c3sc(=Cc4cccs4)c(=O)n3C2)cc(OC)c1OC. The standard InChI is InChI=1S/C19H19N3O4S2/c1-24-14-7-12(8-15(25-2)17(14)26-3)21-10-20-19-22(11-21)18(23)16(28-19)9-13-5-4-6-27-13/h4-9H,10-11H2,1-3H3. The molecule has 0 saturated carbocycles. The maximum Gasteiger partial charge on any atom is 0.271 e. The average Bonchev–Trinajstić information content (AvgIpc) is 3.35. The van der Waals surface area contributed by atoms with Crippen molar-refractivity contribution in [3.05, 3.63) is 54.2 Å². The molecule has 0 saturated heterocycles. The molecule has 3 aromatic rings. The Labute approximate surface area is 169 Å². The molecule has 0 spiro atoms. The number of aromatic nitrogens is 1. The maximum absolute atomic E-state index is 12.9. The summed E-state index contributed by atoms with van der Waals surface area (Å²) >= 11 is 3.02. The summed E-state index contributed by atoms with van der Waals surface area (Å²) in [5.74, 6) is 1.66. The van der Waals surface area contributed by atoms with Crippen LogP contribution in [-0.4, -0.2) is 32.6 Å². The van der Waals surface area contributed by atoms with Crippen molar-refractivity contribution in [1.29, 1.82) is 0 Å². The lowest BCUT2D eigenvalue weighted by Gasteiger charge is -2.27. The minimum Gasteiger partial charge on any atom is -0.493 e. The molecule has 28 heavy (non-hydrogen) atoms. The Kier molecular flexibility index (Phi) is 5.10. The van der Waals surface area contributed by atoms with Crippen molar-refractivity contribution in [2.75, 3.05) is 32.9 Å². The van der Waals surface area contributed by atoms with Gasteiger partial charge in [-0.3, -0.25) is 9.36 Å². The Balaban J connectivity index is 1.72. The van der Waals surface area contributed by atoms with Crippen molar-refractivity contribution >= 4 is 34.4 Å². The minimum atomic E-state index is -0.0331. The number of fused-ring (bicyclic) bond motifs is 1. The van der Waals surface area contributed by atoms with E-state index in [1.54, 1.807) is 37.2 Å². The van der Waals surface area contributed by atoms with E-state index in [0.717, 1.165) is 15.4 Å². The number of benzene rings is 1. The molecular formula is C19H19N3O4S2. The molecule has 0 aliphatic carbocycles. The van der Waals surface area contributed by atoms with Crippen LogP contribution in [0, 0.1) is 0 Å². The van der Waals surface area contributed by atoms with E-state index in [9.17, 15) is 4.79 Å². The zero-order valence-corrected chi connectivity index (χ0v) is 17.3. The molecule has 9 heteroatoms. The average molecular weight is 418 g/mol. The highest BCUT2D eigenvalue weighted by atomic mass is 32.1. The summed E-state index contributed by atoms with van der Waals surface area (Å²) in [5, 5.41) is 1.99. The summed E-state index contributed by atoms with van der Waals surface area (Å²) in [4.78, 5) is 21.2. The van der Waals surface area contributed by atoms with E-state index in [1.807, 2.05) is 40.6 Å². The first kappa shape index (κ1) is 18.6. The van der Waals surface area contributed by atoms with Gasteiger partial charge in [0.05, 0.1) is 25.9 Å². The molecule has 0 N–H and O–H groups in total. The van der Waals surface area contributed by atoms with Gasteiger partial charge in [0.25, 0.3) is 5.56 Å². The van der Waals surface area contributed by atoms with Crippen molar-refractivity contribution in [3.63, 3.8) is 0 Å².